The van der Waals surface area contributed by atoms with Gasteiger partial charge in [-0.3, -0.25) is 14.5 Å². The predicted octanol–water partition coefficient (Wildman–Crippen LogP) is 4.26. The Hall–Kier alpha value is -3.81. The van der Waals surface area contributed by atoms with Crippen LogP contribution in [0.3, 0.4) is 0 Å². The molecule has 7 nitrogen and oxygen atoms in total. The van der Waals surface area contributed by atoms with E-state index < -0.39 is 23.8 Å². The summed E-state index contributed by atoms with van der Waals surface area (Å²) in [5, 5.41) is 0. The third kappa shape index (κ3) is 6.54. The molecule has 0 aromatic heterocycles. The van der Waals surface area contributed by atoms with Crippen molar-refractivity contribution in [3.05, 3.63) is 108 Å². The molecule has 0 saturated carbocycles. The molecule has 0 aliphatic carbocycles. The minimum absolute atomic E-state index is 0.00116. The Morgan fingerprint density at radius 1 is 1.11 bits per heavy atom. The van der Waals surface area contributed by atoms with Gasteiger partial charge in [0.15, 0.2) is 0 Å². The minimum atomic E-state index is -0.769. The summed E-state index contributed by atoms with van der Waals surface area (Å²) in [6, 6.07) is 20.4. The monoisotopic (exact) mass is 516 g/mol. The summed E-state index contributed by atoms with van der Waals surface area (Å²) in [5.74, 6) is -0.461. The third-order valence-corrected chi connectivity index (χ3v) is 6.59. The van der Waals surface area contributed by atoms with Gasteiger partial charge in [-0.2, -0.15) is 0 Å². The fraction of sp³-hybridized carbons (Fsp3) is 0.323. The number of carbonyl (C=O) groups is 3. The van der Waals surface area contributed by atoms with E-state index in [4.69, 9.17) is 9.47 Å². The topological polar surface area (TPSA) is 76.2 Å². The summed E-state index contributed by atoms with van der Waals surface area (Å²) in [7, 11) is 1.67. The molecule has 3 rings (SSSR count). The largest absolute Gasteiger partial charge is 0.463 e. The first-order chi connectivity index (χ1) is 18.5. The quantitative estimate of drug-likeness (QED) is 0.225. The molecule has 200 valence electrons. The smallest absolute Gasteiger partial charge is 0.306 e. The van der Waals surface area contributed by atoms with E-state index in [1.165, 1.54) is 4.90 Å². The second-order valence-electron chi connectivity index (χ2n) is 9.08. The number of hydrogen-bond donors (Lipinski definition) is 0. The van der Waals surface area contributed by atoms with Crippen molar-refractivity contribution < 1.29 is 23.9 Å². The van der Waals surface area contributed by atoms with E-state index in [-0.39, 0.29) is 19.4 Å². The van der Waals surface area contributed by atoms with Crippen LogP contribution in [0.4, 0.5) is 0 Å². The van der Waals surface area contributed by atoms with Gasteiger partial charge in [0, 0.05) is 26.6 Å². The first-order valence-corrected chi connectivity index (χ1v) is 12.7. The van der Waals surface area contributed by atoms with E-state index in [1.54, 1.807) is 13.1 Å². The normalized spacial score (nSPS) is 18.6. The van der Waals surface area contributed by atoms with Crippen molar-refractivity contribution in [3.63, 3.8) is 0 Å². The zero-order valence-electron chi connectivity index (χ0n) is 22.1. The standard InChI is InChI=1S/C31H36N2O5/c1-4-13-25(14-5-2)31(26-15-8-6-9-16-26,27-17-10-7-11-18-27)33-21-28(23-37-30(36)19-12-20-34)38-29(22-33)32(3)24-35/h4-11,13-18,20,24,28-29H,1,12,19,21-23H2,2-3H3/b14-5-,25-13+. The number of morpholine rings is 1. The lowest BCUT2D eigenvalue weighted by atomic mass is 9.74. The number of benzene rings is 2. The zero-order valence-corrected chi connectivity index (χ0v) is 22.1. The van der Waals surface area contributed by atoms with Crippen molar-refractivity contribution in [1.82, 2.24) is 9.80 Å². The van der Waals surface area contributed by atoms with Crippen molar-refractivity contribution in [3.8, 4) is 0 Å². The number of aldehydes is 1. The average Bonchev–Trinajstić information content (AvgIpc) is 2.96. The van der Waals surface area contributed by atoms with Crippen LogP contribution >= 0.6 is 0 Å². The van der Waals surface area contributed by atoms with Crippen LogP contribution in [0.5, 0.6) is 0 Å². The molecule has 2 unspecified atom stereocenters. The number of ether oxygens (including phenoxy) is 2. The van der Waals surface area contributed by atoms with Crippen LogP contribution in [-0.4, -0.2) is 67.5 Å². The van der Waals surface area contributed by atoms with Gasteiger partial charge in [-0.15, -0.1) is 0 Å². The fourth-order valence-corrected chi connectivity index (χ4v) is 4.92. The van der Waals surface area contributed by atoms with E-state index in [0.29, 0.717) is 19.4 Å². The third-order valence-electron chi connectivity index (χ3n) is 6.59. The second kappa shape index (κ2) is 14.2. The maximum Gasteiger partial charge on any atom is 0.306 e. The van der Waals surface area contributed by atoms with E-state index in [9.17, 15) is 14.4 Å². The number of allylic oxidation sites excluding steroid dienone is 3. The van der Waals surface area contributed by atoms with Gasteiger partial charge in [-0.1, -0.05) is 91.5 Å². The van der Waals surface area contributed by atoms with Crippen LogP contribution in [0, 0.1) is 0 Å². The van der Waals surface area contributed by atoms with Crippen LogP contribution in [0.15, 0.2) is 97.1 Å². The molecule has 0 radical (unpaired) electrons. The minimum Gasteiger partial charge on any atom is -0.463 e. The molecular weight excluding hydrogens is 480 g/mol. The van der Waals surface area contributed by atoms with Crippen molar-refractivity contribution in [2.45, 2.75) is 37.6 Å². The van der Waals surface area contributed by atoms with Gasteiger partial charge < -0.3 is 19.2 Å². The highest BCUT2D eigenvalue weighted by molar-refractivity contribution is 5.72. The Morgan fingerprint density at radius 2 is 1.74 bits per heavy atom. The number of hydrogen-bond acceptors (Lipinski definition) is 6. The highest BCUT2D eigenvalue weighted by atomic mass is 16.6. The first kappa shape index (κ1) is 28.8. The second-order valence-corrected chi connectivity index (χ2v) is 9.08. The lowest BCUT2D eigenvalue weighted by Gasteiger charge is -2.51. The Bertz CT molecular complexity index is 1090. The number of nitrogens with zero attached hydrogens (tertiary/aromatic N) is 2. The van der Waals surface area contributed by atoms with E-state index in [0.717, 1.165) is 23.1 Å². The van der Waals surface area contributed by atoms with Crippen molar-refractivity contribution >= 4 is 18.7 Å². The highest BCUT2D eigenvalue weighted by Gasteiger charge is 2.47. The van der Waals surface area contributed by atoms with Crippen LogP contribution in [0.2, 0.25) is 0 Å². The lowest BCUT2D eigenvalue weighted by Crippen LogP contribution is -2.61. The van der Waals surface area contributed by atoms with E-state index in [2.05, 4.69) is 41.8 Å². The molecule has 0 bridgehead atoms. The summed E-state index contributed by atoms with van der Waals surface area (Å²) in [4.78, 5) is 38.4. The molecular formula is C31H36N2O5. The van der Waals surface area contributed by atoms with Gasteiger partial charge in [0.25, 0.3) is 0 Å². The molecule has 2 aromatic carbocycles. The molecule has 7 heteroatoms. The van der Waals surface area contributed by atoms with E-state index >= 15 is 0 Å². The van der Waals surface area contributed by atoms with Gasteiger partial charge in [-0.25, -0.2) is 0 Å². The molecule has 2 atom stereocenters. The molecule has 38 heavy (non-hydrogen) atoms. The number of likely N-dealkylation sites (N-methyl/N-ethyl adjacent to an activating group) is 1. The van der Waals surface area contributed by atoms with Crippen molar-refractivity contribution in [2.24, 2.45) is 0 Å². The maximum atomic E-state index is 12.2. The first-order valence-electron chi connectivity index (χ1n) is 12.7. The van der Waals surface area contributed by atoms with Crippen LogP contribution in [0.25, 0.3) is 0 Å². The molecule has 1 amide bonds. The summed E-state index contributed by atoms with van der Waals surface area (Å²) < 4.78 is 11.7. The van der Waals surface area contributed by atoms with Crippen LogP contribution < -0.4 is 0 Å². The van der Waals surface area contributed by atoms with E-state index in [1.807, 2.05) is 55.5 Å². The summed E-state index contributed by atoms with van der Waals surface area (Å²) in [5.41, 5.74) is 2.29. The van der Waals surface area contributed by atoms with Gasteiger partial charge in [0.1, 0.15) is 25.2 Å². The van der Waals surface area contributed by atoms with Crippen molar-refractivity contribution in [1.29, 1.82) is 0 Å². The highest BCUT2D eigenvalue weighted by Crippen LogP contribution is 2.44. The Balaban J connectivity index is 2.18. The molecule has 2 aromatic rings. The molecule has 1 heterocycles. The number of rotatable bonds is 13. The fourth-order valence-electron chi connectivity index (χ4n) is 4.92. The molecule has 1 aliphatic heterocycles. The Morgan fingerprint density at radius 3 is 2.26 bits per heavy atom. The van der Waals surface area contributed by atoms with Crippen LogP contribution in [-0.2, 0) is 29.4 Å². The molecule has 1 saturated heterocycles. The zero-order chi connectivity index (χ0) is 27.4. The lowest BCUT2D eigenvalue weighted by molar-refractivity contribution is -0.182. The maximum absolute atomic E-state index is 12.2. The molecule has 1 aliphatic rings. The Labute approximate surface area is 225 Å². The summed E-state index contributed by atoms with van der Waals surface area (Å²) >= 11 is 0. The number of amides is 1. The number of carbonyl (C=O) groups excluding carboxylic acids is 3. The van der Waals surface area contributed by atoms with Gasteiger partial charge >= 0.3 is 5.97 Å². The predicted molar refractivity (Wildman–Crippen MR) is 147 cm³/mol. The molecule has 1 fully saturated rings. The van der Waals surface area contributed by atoms with Crippen LogP contribution in [0.1, 0.15) is 30.9 Å². The van der Waals surface area contributed by atoms with Crippen molar-refractivity contribution in [2.75, 3.05) is 26.7 Å². The van der Waals surface area contributed by atoms with Gasteiger partial charge in [0.05, 0.1) is 12.0 Å². The van der Waals surface area contributed by atoms with Gasteiger partial charge in [0.2, 0.25) is 6.41 Å². The summed E-state index contributed by atoms with van der Waals surface area (Å²) in [6.45, 7) is 6.78. The average molecular weight is 517 g/mol. The number of esters is 1. The van der Waals surface area contributed by atoms with Gasteiger partial charge in [-0.05, 0) is 23.6 Å². The summed E-state index contributed by atoms with van der Waals surface area (Å²) in [6.07, 6.45) is 8.31. The molecule has 0 N–H and O–H groups in total. The SMILES string of the molecule is C=C/C=C(\C=C/C)C(c1ccccc1)(c1ccccc1)N1CC(COC(=O)CCC=O)OC(N(C)C=O)C1. The Kier molecular flexibility index (Phi) is 10.8. The molecule has 0 spiro atoms.